The summed E-state index contributed by atoms with van der Waals surface area (Å²) in [5.74, 6) is 0.0554. The first kappa shape index (κ1) is 17.1. The van der Waals surface area contributed by atoms with Crippen LogP contribution in [0.4, 0.5) is 4.79 Å². The Balaban J connectivity index is 4.32. The number of nitrogens with one attached hydrogen (secondary N) is 2. The Morgan fingerprint density at radius 3 is 2.22 bits per heavy atom. The van der Waals surface area contributed by atoms with E-state index in [0.29, 0.717) is 6.54 Å². The maximum absolute atomic E-state index is 11.7. The van der Waals surface area contributed by atoms with Crippen LogP contribution in [0.25, 0.3) is 0 Å². The molecule has 0 spiro atoms. The van der Waals surface area contributed by atoms with E-state index in [9.17, 15) is 9.59 Å². The normalized spacial score (nSPS) is 12.1. The first-order valence-electron chi connectivity index (χ1n) is 5.93. The highest BCUT2D eigenvalue weighted by molar-refractivity contribution is 7.98. The molecule has 3 N–H and O–H groups in total. The monoisotopic (exact) mass is 276 g/mol. The maximum Gasteiger partial charge on any atom is 0.315 e. The zero-order valence-corrected chi connectivity index (χ0v) is 12.6. The molecule has 0 aliphatic heterocycles. The molecule has 0 heterocycles. The second-order valence-corrected chi connectivity index (χ2v) is 6.27. The summed E-state index contributed by atoms with van der Waals surface area (Å²) in [6, 6.07) is -0.324. The Kier molecular flexibility index (Phi) is 6.52. The molecule has 0 radical (unpaired) electrons. The molecule has 0 aliphatic rings. The Labute approximate surface area is 113 Å². The van der Waals surface area contributed by atoms with Gasteiger partial charge in [0.05, 0.1) is 11.0 Å². The fourth-order valence-electron chi connectivity index (χ4n) is 1.17. The van der Waals surface area contributed by atoms with Gasteiger partial charge in [-0.15, -0.1) is 0 Å². The molecule has 106 valence electrons. The highest BCUT2D eigenvalue weighted by Crippen LogP contribution is 2.30. The molecule has 0 aliphatic carbocycles. The lowest BCUT2D eigenvalue weighted by molar-refractivity contribution is -0.150. The highest BCUT2D eigenvalue weighted by atomic mass is 32.2. The first-order valence-corrected chi connectivity index (χ1v) is 7.33. The van der Waals surface area contributed by atoms with E-state index in [-0.39, 0.29) is 6.03 Å². The van der Waals surface area contributed by atoms with Crippen molar-refractivity contribution in [2.75, 3.05) is 18.6 Å². The quantitative estimate of drug-likeness (QED) is 0.621. The van der Waals surface area contributed by atoms with Crippen LogP contribution >= 0.6 is 11.8 Å². The molecular weight excluding hydrogens is 252 g/mol. The number of carboxylic acids is 1. The third-order valence-electron chi connectivity index (χ3n) is 3.33. The number of hydrogen-bond donors (Lipinski definition) is 3. The van der Waals surface area contributed by atoms with E-state index in [1.165, 1.54) is 0 Å². The van der Waals surface area contributed by atoms with E-state index in [2.05, 4.69) is 10.6 Å². The summed E-state index contributed by atoms with van der Waals surface area (Å²) in [5, 5.41) is 14.6. The molecule has 0 aromatic heterocycles. The number of carbonyl (C=O) groups excluding carboxylic acids is 1. The lowest BCUT2D eigenvalue weighted by Gasteiger charge is -2.38. The molecule has 0 atom stereocenters. The molecule has 0 fully saturated rings. The third-order valence-corrected chi connectivity index (χ3v) is 4.03. The van der Waals surface area contributed by atoms with Crippen molar-refractivity contribution in [1.82, 2.24) is 10.6 Å². The van der Waals surface area contributed by atoms with E-state index in [1.54, 1.807) is 39.5 Å². The molecular formula is C12H24N2O3S. The zero-order chi connectivity index (χ0) is 14.4. The van der Waals surface area contributed by atoms with Crippen molar-refractivity contribution in [2.24, 2.45) is 5.41 Å². The van der Waals surface area contributed by atoms with Gasteiger partial charge in [0.1, 0.15) is 0 Å². The number of carbonyl (C=O) groups is 2. The molecule has 0 bridgehead atoms. The fraction of sp³-hybridized carbons (Fsp3) is 0.833. The van der Waals surface area contributed by atoms with Crippen LogP contribution in [0.1, 0.15) is 34.1 Å². The van der Waals surface area contributed by atoms with Crippen LogP contribution in [0.2, 0.25) is 0 Å². The van der Waals surface area contributed by atoms with Crippen LogP contribution in [0.3, 0.4) is 0 Å². The van der Waals surface area contributed by atoms with Gasteiger partial charge in [0.15, 0.2) is 0 Å². The van der Waals surface area contributed by atoms with Crippen molar-refractivity contribution < 1.29 is 14.7 Å². The molecule has 0 aromatic carbocycles. The lowest BCUT2D eigenvalue weighted by atomic mass is 9.74. The van der Waals surface area contributed by atoms with Crippen LogP contribution in [0.5, 0.6) is 0 Å². The predicted molar refractivity (Wildman–Crippen MR) is 75.0 cm³/mol. The van der Waals surface area contributed by atoms with Crippen LogP contribution in [0, 0.1) is 5.41 Å². The summed E-state index contributed by atoms with van der Waals surface area (Å²) in [6.45, 7) is 7.22. The van der Waals surface area contributed by atoms with Crippen molar-refractivity contribution in [2.45, 2.75) is 39.7 Å². The number of aliphatic carboxylic acids is 1. The molecule has 0 unspecified atom stereocenters. The van der Waals surface area contributed by atoms with Crippen LogP contribution in [0.15, 0.2) is 0 Å². The van der Waals surface area contributed by atoms with Gasteiger partial charge in [0, 0.05) is 6.54 Å². The molecule has 5 nitrogen and oxygen atoms in total. The Morgan fingerprint density at radius 1 is 1.22 bits per heavy atom. The summed E-state index contributed by atoms with van der Waals surface area (Å²) in [7, 11) is 0. The third kappa shape index (κ3) is 4.76. The van der Waals surface area contributed by atoms with E-state index < -0.39 is 16.9 Å². The van der Waals surface area contributed by atoms with Gasteiger partial charge < -0.3 is 15.7 Å². The summed E-state index contributed by atoms with van der Waals surface area (Å²) in [5.41, 5.74) is -1.87. The minimum Gasteiger partial charge on any atom is -0.481 e. The largest absolute Gasteiger partial charge is 0.481 e. The minimum atomic E-state index is -1.04. The van der Waals surface area contributed by atoms with E-state index in [4.69, 9.17) is 5.11 Å². The van der Waals surface area contributed by atoms with Crippen LogP contribution < -0.4 is 10.6 Å². The second kappa shape index (κ2) is 6.87. The van der Waals surface area contributed by atoms with Crippen molar-refractivity contribution in [3.05, 3.63) is 0 Å². The van der Waals surface area contributed by atoms with Gasteiger partial charge in [-0.1, -0.05) is 0 Å². The molecule has 0 rings (SSSR count). The summed E-state index contributed by atoms with van der Waals surface area (Å²) >= 11 is 1.73. The number of hydrogen-bond acceptors (Lipinski definition) is 3. The van der Waals surface area contributed by atoms with Crippen molar-refractivity contribution in [1.29, 1.82) is 0 Å². The van der Waals surface area contributed by atoms with Gasteiger partial charge in [-0.2, -0.15) is 11.8 Å². The van der Waals surface area contributed by atoms with Gasteiger partial charge in [0.2, 0.25) is 0 Å². The Hall–Kier alpha value is -0.910. The van der Waals surface area contributed by atoms with Crippen LogP contribution in [-0.4, -0.2) is 41.2 Å². The van der Waals surface area contributed by atoms with Crippen LogP contribution in [-0.2, 0) is 4.79 Å². The molecule has 0 saturated heterocycles. The molecule has 6 heteroatoms. The first-order chi connectivity index (χ1) is 8.15. The number of rotatable bonds is 7. The number of thioether (sulfide) groups is 1. The van der Waals surface area contributed by atoms with Gasteiger partial charge in [-0.05, 0) is 46.1 Å². The van der Waals surface area contributed by atoms with E-state index in [1.807, 2.05) is 6.26 Å². The minimum absolute atomic E-state index is 0.324. The smallest absolute Gasteiger partial charge is 0.315 e. The average molecular weight is 276 g/mol. The lowest BCUT2D eigenvalue weighted by Crippen LogP contribution is -2.59. The summed E-state index contributed by atoms with van der Waals surface area (Å²) in [6.07, 6.45) is 2.91. The van der Waals surface area contributed by atoms with Gasteiger partial charge >= 0.3 is 12.0 Å². The average Bonchev–Trinajstić information content (AvgIpc) is 2.23. The van der Waals surface area contributed by atoms with Crippen molar-refractivity contribution in [3.63, 3.8) is 0 Å². The summed E-state index contributed by atoms with van der Waals surface area (Å²) < 4.78 is 0. The SMILES string of the molecule is CSCCCNC(=O)NC(C)(C)C(C)(C)C(=O)O. The van der Waals surface area contributed by atoms with Gasteiger partial charge in [0.25, 0.3) is 0 Å². The molecule has 18 heavy (non-hydrogen) atoms. The Bertz CT molecular complexity index is 304. The molecule has 0 aromatic rings. The molecule has 0 saturated carbocycles. The van der Waals surface area contributed by atoms with Crippen molar-refractivity contribution in [3.8, 4) is 0 Å². The Morgan fingerprint density at radius 2 is 1.78 bits per heavy atom. The van der Waals surface area contributed by atoms with Crippen molar-refractivity contribution >= 4 is 23.8 Å². The standard InChI is InChI=1S/C12H24N2O3S/c1-11(2,9(15)16)12(3,4)14-10(17)13-7-6-8-18-5/h6-8H2,1-5H3,(H,15,16)(H2,13,14,17). The highest BCUT2D eigenvalue weighted by Gasteiger charge is 2.44. The fourth-order valence-corrected chi connectivity index (χ4v) is 1.60. The second-order valence-electron chi connectivity index (χ2n) is 5.28. The van der Waals surface area contributed by atoms with E-state index >= 15 is 0 Å². The van der Waals surface area contributed by atoms with Gasteiger partial charge in [-0.25, -0.2) is 4.79 Å². The number of carboxylic acid groups (broad SMARTS) is 1. The van der Waals surface area contributed by atoms with Gasteiger partial charge in [-0.3, -0.25) is 4.79 Å². The topological polar surface area (TPSA) is 78.4 Å². The van der Waals surface area contributed by atoms with E-state index in [0.717, 1.165) is 12.2 Å². The summed E-state index contributed by atoms with van der Waals surface area (Å²) in [4.78, 5) is 22.8. The predicted octanol–water partition coefficient (Wildman–Crippen LogP) is 1.93. The number of urea groups is 1. The number of amides is 2. The maximum atomic E-state index is 11.7. The zero-order valence-electron chi connectivity index (χ0n) is 11.8. The molecule has 2 amide bonds.